The van der Waals surface area contributed by atoms with Crippen molar-refractivity contribution in [2.75, 3.05) is 14.2 Å². The molecule has 3 rings (SSSR count). The molecule has 1 aromatic heterocycles. The van der Waals surface area contributed by atoms with Gasteiger partial charge in [-0.15, -0.1) is 6.42 Å². The van der Waals surface area contributed by atoms with Crippen molar-refractivity contribution in [3.63, 3.8) is 0 Å². The number of terminal acetylenes is 1. The summed E-state index contributed by atoms with van der Waals surface area (Å²) < 4.78 is 11.9. The normalized spacial score (nSPS) is 11.1. The number of rotatable bonds is 4. The highest BCUT2D eigenvalue weighted by Gasteiger charge is 2.13. The number of hydrogen-bond acceptors (Lipinski definition) is 6. The Kier molecular flexibility index (Phi) is 5.90. The first-order valence-corrected chi connectivity index (χ1v) is 9.22. The molecular weight excluding hydrogens is 392 g/mol. The van der Waals surface area contributed by atoms with Gasteiger partial charge in [-0.05, 0) is 42.5 Å². The van der Waals surface area contributed by atoms with Crippen LogP contribution in [0.25, 0.3) is 10.2 Å². The minimum Gasteiger partial charge on any atom is -0.465 e. The van der Waals surface area contributed by atoms with E-state index in [9.17, 15) is 14.4 Å². The highest BCUT2D eigenvalue weighted by atomic mass is 32.1. The minimum absolute atomic E-state index is 0.213. The summed E-state index contributed by atoms with van der Waals surface area (Å²) >= 11 is 1.24. The largest absolute Gasteiger partial charge is 0.465 e. The summed E-state index contributed by atoms with van der Waals surface area (Å²) in [5, 5.41) is 0. The predicted octanol–water partition coefficient (Wildman–Crippen LogP) is 2.65. The highest BCUT2D eigenvalue weighted by Crippen LogP contribution is 2.20. The van der Waals surface area contributed by atoms with Crippen molar-refractivity contribution in [2.45, 2.75) is 6.54 Å². The molecule has 8 heteroatoms. The Labute approximate surface area is 170 Å². The van der Waals surface area contributed by atoms with Crippen LogP contribution < -0.4 is 4.80 Å². The zero-order chi connectivity index (χ0) is 21.0. The summed E-state index contributed by atoms with van der Waals surface area (Å²) in [7, 11) is 2.60. The van der Waals surface area contributed by atoms with Crippen molar-refractivity contribution in [3.05, 3.63) is 64.0 Å². The van der Waals surface area contributed by atoms with Crippen LogP contribution >= 0.6 is 11.3 Å². The standard InChI is InChI=1S/C21H16N2O5S/c1-4-11-23-16-10-9-15(20(26)28-3)12-17(16)29-21(23)22-18(24)13-5-7-14(8-6-13)19(25)27-2/h1,5-10,12H,11H2,2-3H3. The van der Waals surface area contributed by atoms with Gasteiger partial charge >= 0.3 is 11.9 Å². The zero-order valence-electron chi connectivity index (χ0n) is 15.7. The molecule has 2 aromatic carbocycles. The maximum absolute atomic E-state index is 12.6. The van der Waals surface area contributed by atoms with Crippen LogP contribution in [0.5, 0.6) is 0 Å². The van der Waals surface area contributed by atoms with Gasteiger partial charge in [-0.25, -0.2) is 9.59 Å². The Bertz CT molecular complexity index is 1210. The quantitative estimate of drug-likeness (QED) is 0.489. The van der Waals surface area contributed by atoms with E-state index in [4.69, 9.17) is 11.2 Å². The number of hydrogen-bond donors (Lipinski definition) is 0. The molecule has 0 saturated heterocycles. The number of esters is 2. The van der Waals surface area contributed by atoms with Gasteiger partial charge in [-0.1, -0.05) is 17.3 Å². The number of aromatic nitrogens is 1. The van der Waals surface area contributed by atoms with Gasteiger partial charge < -0.3 is 14.0 Å². The van der Waals surface area contributed by atoms with Gasteiger partial charge in [0.15, 0.2) is 4.80 Å². The lowest BCUT2D eigenvalue weighted by Gasteiger charge is -2.02. The maximum atomic E-state index is 12.6. The molecule has 0 radical (unpaired) electrons. The van der Waals surface area contributed by atoms with Gasteiger partial charge in [0.05, 0.1) is 42.1 Å². The topological polar surface area (TPSA) is 87.0 Å². The van der Waals surface area contributed by atoms with Crippen LogP contribution in [-0.4, -0.2) is 36.6 Å². The van der Waals surface area contributed by atoms with Gasteiger partial charge in [0.1, 0.15) is 0 Å². The molecule has 1 amide bonds. The summed E-state index contributed by atoms with van der Waals surface area (Å²) in [5.41, 5.74) is 1.81. The van der Waals surface area contributed by atoms with Crippen molar-refractivity contribution in [1.82, 2.24) is 4.57 Å². The molecule has 0 unspecified atom stereocenters. The van der Waals surface area contributed by atoms with Crippen molar-refractivity contribution < 1.29 is 23.9 Å². The zero-order valence-corrected chi connectivity index (χ0v) is 16.5. The van der Waals surface area contributed by atoms with E-state index < -0.39 is 17.8 Å². The van der Waals surface area contributed by atoms with E-state index in [2.05, 4.69) is 15.6 Å². The summed E-state index contributed by atoms with van der Waals surface area (Å²) in [4.78, 5) is 40.5. The van der Waals surface area contributed by atoms with Crippen LogP contribution in [0.1, 0.15) is 31.1 Å². The minimum atomic E-state index is -0.487. The lowest BCUT2D eigenvalue weighted by atomic mass is 10.1. The third kappa shape index (κ3) is 4.10. The fraction of sp³-hybridized carbons (Fsp3) is 0.143. The molecule has 0 aliphatic carbocycles. The fourth-order valence-corrected chi connectivity index (χ4v) is 3.73. The molecule has 0 saturated carbocycles. The Morgan fingerprint density at radius 1 is 1.00 bits per heavy atom. The predicted molar refractivity (Wildman–Crippen MR) is 108 cm³/mol. The summed E-state index contributed by atoms with van der Waals surface area (Å²) in [6.45, 7) is 0.213. The van der Waals surface area contributed by atoms with Crippen LogP contribution in [0.3, 0.4) is 0 Å². The Balaban J connectivity index is 2.05. The summed E-state index contributed by atoms with van der Waals surface area (Å²) in [5.74, 6) is 1.12. The Morgan fingerprint density at radius 3 is 2.21 bits per heavy atom. The first-order valence-electron chi connectivity index (χ1n) is 8.41. The maximum Gasteiger partial charge on any atom is 0.337 e. The van der Waals surface area contributed by atoms with E-state index in [1.807, 2.05) is 0 Å². The number of methoxy groups -OCH3 is 2. The third-order valence-corrected chi connectivity index (χ3v) is 5.14. The van der Waals surface area contributed by atoms with E-state index in [1.54, 1.807) is 22.8 Å². The molecule has 0 aliphatic heterocycles. The van der Waals surface area contributed by atoms with Crippen molar-refractivity contribution in [1.29, 1.82) is 0 Å². The van der Waals surface area contributed by atoms with Crippen LogP contribution in [0.15, 0.2) is 47.5 Å². The van der Waals surface area contributed by atoms with Crippen molar-refractivity contribution in [3.8, 4) is 12.3 Å². The van der Waals surface area contributed by atoms with E-state index in [0.29, 0.717) is 21.5 Å². The first kappa shape index (κ1) is 20.0. The number of carbonyl (C=O) groups is 3. The lowest BCUT2D eigenvalue weighted by Crippen LogP contribution is -2.16. The molecule has 0 atom stereocenters. The number of fused-ring (bicyclic) bond motifs is 1. The van der Waals surface area contributed by atoms with Crippen LogP contribution in [0.2, 0.25) is 0 Å². The first-order chi connectivity index (χ1) is 14.0. The Hall–Kier alpha value is -3.70. The molecule has 0 spiro atoms. The van der Waals surface area contributed by atoms with Crippen LogP contribution in [-0.2, 0) is 16.0 Å². The second kappa shape index (κ2) is 8.54. The molecule has 0 bridgehead atoms. The smallest absolute Gasteiger partial charge is 0.337 e. The number of amides is 1. The third-order valence-electron chi connectivity index (χ3n) is 4.10. The average molecular weight is 408 g/mol. The SMILES string of the molecule is C#CCn1c(=NC(=O)c2ccc(C(=O)OC)cc2)sc2cc(C(=O)OC)ccc21. The van der Waals surface area contributed by atoms with Gasteiger partial charge in [-0.3, -0.25) is 4.79 Å². The second-order valence-electron chi connectivity index (χ2n) is 5.83. The number of thiazole rings is 1. The monoisotopic (exact) mass is 408 g/mol. The van der Waals surface area contributed by atoms with Crippen LogP contribution in [0, 0.1) is 12.3 Å². The number of nitrogens with zero attached hydrogens (tertiary/aromatic N) is 2. The molecule has 29 heavy (non-hydrogen) atoms. The average Bonchev–Trinajstić information content (AvgIpc) is 3.09. The van der Waals surface area contributed by atoms with Crippen LogP contribution in [0.4, 0.5) is 0 Å². The second-order valence-corrected chi connectivity index (χ2v) is 6.84. The van der Waals surface area contributed by atoms with E-state index in [0.717, 1.165) is 10.2 Å². The van der Waals surface area contributed by atoms with Gasteiger partial charge in [0.2, 0.25) is 0 Å². The number of benzene rings is 2. The molecular formula is C21H16N2O5S. The molecule has 0 aliphatic rings. The number of ether oxygens (including phenoxy) is 2. The number of carbonyl (C=O) groups excluding carboxylic acids is 3. The fourth-order valence-electron chi connectivity index (χ4n) is 2.67. The summed E-state index contributed by atoms with van der Waals surface area (Å²) in [6, 6.07) is 11.1. The molecule has 0 N–H and O–H groups in total. The summed E-state index contributed by atoms with van der Waals surface area (Å²) in [6.07, 6.45) is 5.47. The van der Waals surface area contributed by atoms with Crippen molar-refractivity contribution in [2.24, 2.45) is 4.99 Å². The van der Waals surface area contributed by atoms with E-state index >= 15 is 0 Å². The molecule has 1 heterocycles. The molecule has 7 nitrogen and oxygen atoms in total. The van der Waals surface area contributed by atoms with E-state index in [-0.39, 0.29) is 6.54 Å². The van der Waals surface area contributed by atoms with Gasteiger partial charge in [0.25, 0.3) is 5.91 Å². The van der Waals surface area contributed by atoms with Gasteiger partial charge in [0, 0.05) is 5.56 Å². The lowest BCUT2D eigenvalue weighted by molar-refractivity contribution is 0.0592. The van der Waals surface area contributed by atoms with Gasteiger partial charge in [-0.2, -0.15) is 4.99 Å². The molecule has 0 fully saturated rings. The highest BCUT2D eigenvalue weighted by molar-refractivity contribution is 7.16. The van der Waals surface area contributed by atoms with E-state index in [1.165, 1.54) is 49.8 Å². The van der Waals surface area contributed by atoms with Crippen molar-refractivity contribution >= 4 is 39.4 Å². The molecule has 146 valence electrons. The Morgan fingerprint density at radius 2 is 1.59 bits per heavy atom. The molecule has 3 aromatic rings.